The predicted octanol–water partition coefficient (Wildman–Crippen LogP) is 2.87. The van der Waals surface area contributed by atoms with Gasteiger partial charge >= 0.3 is 0 Å². The predicted molar refractivity (Wildman–Crippen MR) is 90.3 cm³/mol. The highest BCUT2D eigenvalue weighted by Gasteiger charge is 2.18. The van der Waals surface area contributed by atoms with E-state index in [9.17, 15) is 4.79 Å². The van der Waals surface area contributed by atoms with Crippen molar-refractivity contribution in [3.8, 4) is 5.75 Å². The van der Waals surface area contributed by atoms with Gasteiger partial charge in [0.15, 0.2) is 5.75 Å². The first-order valence-corrected chi connectivity index (χ1v) is 7.50. The average molecular weight is 349 g/mol. The molecule has 1 fully saturated rings. The summed E-state index contributed by atoms with van der Waals surface area (Å²) in [6.45, 7) is 5.85. The summed E-state index contributed by atoms with van der Waals surface area (Å²) in [6.07, 6.45) is 0.335. The van der Waals surface area contributed by atoms with Crippen LogP contribution in [-0.2, 0) is 9.53 Å². The second-order valence-electron chi connectivity index (χ2n) is 5.26. The number of amides is 1. The first-order chi connectivity index (χ1) is 10.1. The molecule has 1 aliphatic rings. The first-order valence-electron chi connectivity index (χ1n) is 7.12. The van der Waals surface area contributed by atoms with Gasteiger partial charge in [-0.25, -0.2) is 0 Å². The second-order valence-corrected chi connectivity index (χ2v) is 5.67. The lowest BCUT2D eigenvalue weighted by Gasteiger charge is -2.23. The molecule has 1 atom stereocenters. The van der Waals surface area contributed by atoms with Gasteiger partial charge in [0.1, 0.15) is 0 Å². The van der Waals surface area contributed by atoms with Crippen molar-refractivity contribution in [2.45, 2.75) is 32.4 Å². The van der Waals surface area contributed by atoms with Crippen LogP contribution in [0.5, 0.6) is 5.75 Å². The fraction of sp³-hybridized carbons (Fsp3) is 0.533. The fourth-order valence-electron chi connectivity index (χ4n) is 2.14. The summed E-state index contributed by atoms with van der Waals surface area (Å²) < 4.78 is 11.0. The maximum atomic E-state index is 12.1. The molecule has 1 amide bonds. The highest BCUT2D eigenvalue weighted by Crippen LogP contribution is 2.33. The van der Waals surface area contributed by atoms with Gasteiger partial charge in [0, 0.05) is 19.0 Å². The number of nitrogens with one attached hydrogen (secondary N) is 2. The Labute approximate surface area is 142 Å². The van der Waals surface area contributed by atoms with E-state index in [-0.39, 0.29) is 30.5 Å². The van der Waals surface area contributed by atoms with Crippen LogP contribution in [0.15, 0.2) is 18.2 Å². The Morgan fingerprint density at radius 3 is 2.95 bits per heavy atom. The number of morpholine rings is 1. The van der Waals surface area contributed by atoms with E-state index in [1.807, 2.05) is 13.8 Å². The second kappa shape index (κ2) is 9.20. The smallest absolute Gasteiger partial charge is 0.226 e. The SMILES string of the molecule is CC(C)Oc1c(Cl)cccc1NC(=O)CC1COCCN1.Cl. The number of carbonyl (C=O) groups is 1. The fourth-order valence-corrected chi connectivity index (χ4v) is 2.36. The van der Waals surface area contributed by atoms with Crippen LogP contribution >= 0.6 is 24.0 Å². The molecule has 1 unspecified atom stereocenters. The largest absolute Gasteiger partial charge is 0.487 e. The van der Waals surface area contributed by atoms with E-state index in [0.29, 0.717) is 36.1 Å². The first kappa shape index (κ1) is 19.0. The van der Waals surface area contributed by atoms with E-state index in [4.69, 9.17) is 21.1 Å². The monoisotopic (exact) mass is 348 g/mol. The van der Waals surface area contributed by atoms with Gasteiger partial charge in [-0.05, 0) is 26.0 Å². The van der Waals surface area contributed by atoms with Crippen LogP contribution in [-0.4, -0.2) is 37.8 Å². The summed E-state index contributed by atoms with van der Waals surface area (Å²) in [5.41, 5.74) is 0.595. The normalized spacial score (nSPS) is 17.7. The molecule has 0 spiro atoms. The lowest BCUT2D eigenvalue weighted by atomic mass is 10.2. The third kappa shape index (κ3) is 5.65. The summed E-state index contributed by atoms with van der Waals surface area (Å²) in [5, 5.41) is 6.60. The van der Waals surface area contributed by atoms with Crippen molar-refractivity contribution in [2.24, 2.45) is 0 Å². The number of hydrogen-bond acceptors (Lipinski definition) is 4. The van der Waals surface area contributed by atoms with Crippen LogP contribution in [0, 0.1) is 0 Å². The standard InChI is InChI=1S/C15H21ClN2O3.ClH/c1-10(2)21-15-12(16)4-3-5-13(15)18-14(19)8-11-9-20-7-6-17-11;/h3-5,10-11,17H,6-9H2,1-2H3,(H,18,19);1H. The van der Waals surface area contributed by atoms with Gasteiger partial charge in [-0.1, -0.05) is 17.7 Å². The zero-order valence-electron chi connectivity index (χ0n) is 12.7. The molecular weight excluding hydrogens is 327 g/mol. The summed E-state index contributed by atoms with van der Waals surface area (Å²) >= 11 is 6.14. The lowest BCUT2D eigenvalue weighted by Crippen LogP contribution is -2.43. The van der Waals surface area contributed by atoms with Crippen molar-refractivity contribution in [1.82, 2.24) is 5.32 Å². The van der Waals surface area contributed by atoms with Crippen molar-refractivity contribution in [3.05, 3.63) is 23.2 Å². The molecule has 2 rings (SSSR count). The molecule has 0 bridgehead atoms. The highest BCUT2D eigenvalue weighted by atomic mass is 35.5. The Balaban J connectivity index is 0.00000242. The molecule has 2 N–H and O–H groups in total. The molecule has 5 nitrogen and oxygen atoms in total. The minimum Gasteiger partial charge on any atom is -0.487 e. The van der Waals surface area contributed by atoms with E-state index in [1.54, 1.807) is 18.2 Å². The van der Waals surface area contributed by atoms with E-state index >= 15 is 0 Å². The van der Waals surface area contributed by atoms with Gasteiger partial charge < -0.3 is 20.1 Å². The van der Waals surface area contributed by atoms with Crippen molar-refractivity contribution in [2.75, 3.05) is 25.1 Å². The molecular formula is C15H22Cl2N2O3. The van der Waals surface area contributed by atoms with Gasteiger partial charge in [-0.2, -0.15) is 0 Å². The van der Waals surface area contributed by atoms with E-state index in [1.165, 1.54) is 0 Å². The Morgan fingerprint density at radius 2 is 2.32 bits per heavy atom. The Bertz CT molecular complexity index is 492. The van der Waals surface area contributed by atoms with Crippen LogP contribution in [0.1, 0.15) is 20.3 Å². The maximum absolute atomic E-state index is 12.1. The van der Waals surface area contributed by atoms with Crippen LogP contribution in [0.4, 0.5) is 5.69 Å². The Hall–Kier alpha value is -1.01. The van der Waals surface area contributed by atoms with Crippen LogP contribution in [0.3, 0.4) is 0 Å². The molecule has 1 aliphatic heterocycles. The molecule has 22 heavy (non-hydrogen) atoms. The molecule has 124 valence electrons. The van der Waals surface area contributed by atoms with Crippen LogP contribution in [0.25, 0.3) is 0 Å². The number of carbonyl (C=O) groups excluding carboxylic acids is 1. The van der Waals surface area contributed by atoms with Crippen LogP contribution in [0.2, 0.25) is 5.02 Å². The molecule has 1 heterocycles. The quantitative estimate of drug-likeness (QED) is 0.858. The van der Waals surface area contributed by atoms with Gasteiger partial charge in [0.05, 0.1) is 30.0 Å². The zero-order valence-corrected chi connectivity index (χ0v) is 14.3. The Morgan fingerprint density at radius 1 is 1.55 bits per heavy atom. The number of benzene rings is 1. The minimum absolute atomic E-state index is 0. The highest BCUT2D eigenvalue weighted by molar-refractivity contribution is 6.32. The van der Waals surface area contributed by atoms with Gasteiger partial charge in [0.2, 0.25) is 5.91 Å². The van der Waals surface area contributed by atoms with E-state index in [0.717, 1.165) is 6.54 Å². The van der Waals surface area contributed by atoms with Gasteiger partial charge in [-0.15, -0.1) is 12.4 Å². The number of hydrogen-bond donors (Lipinski definition) is 2. The van der Waals surface area contributed by atoms with Gasteiger partial charge in [-0.3, -0.25) is 4.79 Å². The zero-order chi connectivity index (χ0) is 15.2. The molecule has 1 aromatic rings. The molecule has 1 aromatic carbocycles. The van der Waals surface area contributed by atoms with Gasteiger partial charge in [0.25, 0.3) is 0 Å². The van der Waals surface area contributed by atoms with Crippen molar-refractivity contribution < 1.29 is 14.3 Å². The third-order valence-corrected chi connectivity index (χ3v) is 3.32. The van der Waals surface area contributed by atoms with Crippen LogP contribution < -0.4 is 15.4 Å². The number of anilines is 1. The van der Waals surface area contributed by atoms with Crippen molar-refractivity contribution in [3.63, 3.8) is 0 Å². The molecule has 0 aliphatic carbocycles. The maximum Gasteiger partial charge on any atom is 0.226 e. The topological polar surface area (TPSA) is 59.6 Å². The van der Waals surface area contributed by atoms with Crippen molar-refractivity contribution >= 4 is 35.6 Å². The number of ether oxygens (including phenoxy) is 2. The van der Waals surface area contributed by atoms with E-state index < -0.39 is 0 Å². The number of halogens is 2. The summed E-state index contributed by atoms with van der Waals surface area (Å²) in [5.74, 6) is 0.421. The molecule has 0 aromatic heterocycles. The summed E-state index contributed by atoms with van der Waals surface area (Å²) in [6, 6.07) is 5.36. The number of para-hydroxylation sites is 1. The molecule has 0 radical (unpaired) electrons. The molecule has 1 saturated heterocycles. The minimum atomic E-state index is -0.0890. The molecule has 7 heteroatoms. The third-order valence-electron chi connectivity index (χ3n) is 3.02. The van der Waals surface area contributed by atoms with Crippen molar-refractivity contribution in [1.29, 1.82) is 0 Å². The number of rotatable bonds is 5. The van der Waals surface area contributed by atoms with E-state index in [2.05, 4.69) is 10.6 Å². The molecule has 0 saturated carbocycles. The Kier molecular flexibility index (Phi) is 7.96. The summed E-state index contributed by atoms with van der Waals surface area (Å²) in [7, 11) is 0. The lowest BCUT2D eigenvalue weighted by molar-refractivity contribution is -0.117. The average Bonchev–Trinajstić information content (AvgIpc) is 2.43. The summed E-state index contributed by atoms with van der Waals surface area (Å²) in [4.78, 5) is 12.1.